The second-order valence-corrected chi connectivity index (χ2v) is 7.52. The average Bonchev–Trinajstić information content (AvgIpc) is 2.77. The molecule has 0 heterocycles. The zero-order valence-electron chi connectivity index (χ0n) is 16.5. The Morgan fingerprint density at radius 2 is 1.66 bits per heavy atom. The van der Waals surface area contributed by atoms with Gasteiger partial charge in [0.1, 0.15) is 12.4 Å². The van der Waals surface area contributed by atoms with Crippen LogP contribution < -0.4 is 10.1 Å². The van der Waals surface area contributed by atoms with Crippen LogP contribution in [0.25, 0.3) is 10.8 Å². The molecular weight excluding hydrogens is 378 g/mol. The number of fused-ring (bicyclic) bond motifs is 1. The maximum absolute atomic E-state index is 6.21. The van der Waals surface area contributed by atoms with Crippen molar-refractivity contribution >= 4 is 28.1 Å². The molecule has 0 aliphatic heterocycles. The molecule has 4 aromatic carbocycles. The summed E-state index contributed by atoms with van der Waals surface area (Å²) in [4.78, 5) is 0. The van der Waals surface area contributed by atoms with Crippen molar-refractivity contribution in [2.75, 3.05) is 5.32 Å². The number of halogens is 1. The molecule has 3 heteroatoms. The molecule has 0 aliphatic carbocycles. The largest absolute Gasteiger partial charge is 0.489 e. The zero-order valence-corrected chi connectivity index (χ0v) is 17.2. The maximum Gasteiger partial charge on any atom is 0.125 e. The van der Waals surface area contributed by atoms with E-state index in [0.29, 0.717) is 13.2 Å². The van der Waals surface area contributed by atoms with E-state index < -0.39 is 0 Å². The van der Waals surface area contributed by atoms with Gasteiger partial charge in [0, 0.05) is 22.8 Å². The van der Waals surface area contributed by atoms with Crippen LogP contribution in [-0.4, -0.2) is 0 Å². The molecule has 0 bridgehead atoms. The highest BCUT2D eigenvalue weighted by Crippen LogP contribution is 2.30. The molecule has 0 amide bonds. The maximum atomic E-state index is 6.21. The van der Waals surface area contributed by atoms with E-state index in [0.717, 1.165) is 34.0 Å². The number of nitrogens with one attached hydrogen (secondary N) is 1. The van der Waals surface area contributed by atoms with Crippen LogP contribution in [0.5, 0.6) is 5.75 Å². The molecule has 1 N–H and O–H groups in total. The molecule has 0 saturated carbocycles. The summed E-state index contributed by atoms with van der Waals surface area (Å²) in [6.07, 6.45) is 1.05. The quantitative estimate of drug-likeness (QED) is 0.352. The Hall–Kier alpha value is -2.97. The molecule has 0 unspecified atom stereocenters. The fourth-order valence-corrected chi connectivity index (χ4v) is 3.68. The highest BCUT2D eigenvalue weighted by atomic mass is 35.5. The van der Waals surface area contributed by atoms with Crippen LogP contribution in [0.3, 0.4) is 0 Å². The fraction of sp³-hybridized carbons (Fsp3) is 0.154. The number of aryl methyl sites for hydroxylation is 1. The normalized spacial score (nSPS) is 10.8. The first-order valence-electron chi connectivity index (χ1n) is 9.93. The van der Waals surface area contributed by atoms with E-state index in [1.807, 2.05) is 24.3 Å². The van der Waals surface area contributed by atoms with Crippen LogP contribution in [0.1, 0.15) is 23.6 Å². The summed E-state index contributed by atoms with van der Waals surface area (Å²) in [5.74, 6) is 0.890. The smallest absolute Gasteiger partial charge is 0.125 e. The minimum Gasteiger partial charge on any atom is -0.489 e. The number of ether oxygens (including phenoxy) is 1. The lowest BCUT2D eigenvalue weighted by atomic mass is 10.0. The standard InChI is InChI=1S/C26H24ClNO/c1-2-19-10-13-23(14-11-19)28-17-25-24-9-4-3-7-21(24)12-15-26(25)29-18-20-6-5-8-22(27)16-20/h3-16,28H,2,17-18H2,1H3. The number of anilines is 1. The van der Waals surface area contributed by atoms with Crippen molar-refractivity contribution < 1.29 is 4.74 Å². The fourth-order valence-electron chi connectivity index (χ4n) is 3.47. The van der Waals surface area contributed by atoms with Crippen molar-refractivity contribution in [2.45, 2.75) is 26.5 Å². The van der Waals surface area contributed by atoms with Crippen molar-refractivity contribution in [3.63, 3.8) is 0 Å². The molecule has 4 rings (SSSR count). The molecule has 0 spiro atoms. The monoisotopic (exact) mass is 401 g/mol. The molecule has 0 aromatic heterocycles. The summed E-state index contributed by atoms with van der Waals surface area (Å²) >= 11 is 6.11. The SMILES string of the molecule is CCc1ccc(NCc2c(OCc3cccc(Cl)c3)ccc3ccccc23)cc1. The summed E-state index contributed by atoms with van der Waals surface area (Å²) in [7, 11) is 0. The Morgan fingerprint density at radius 3 is 2.45 bits per heavy atom. The number of hydrogen-bond donors (Lipinski definition) is 1. The van der Waals surface area contributed by atoms with E-state index in [1.165, 1.54) is 16.3 Å². The van der Waals surface area contributed by atoms with Gasteiger partial charge in [0.05, 0.1) is 0 Å². The molecule has 0 atom stereocenters. The van der Waals surface area contributed by atoms with Gasteiger partial charge in [0.2, 0.25) is 0 Å². The van der Waals surface area contributed by atoms with Gasteiger partial charge < -0.3 is 10.1 Å². The minimum atomic E-state index is 0.483. The number of hydrogen-bond acceptors (Lipinski definition) is 2. The molecule has 0 fully saturated rings. The van der Waals surface area contributed by atoms with Crippen molar-refractivity contribution in [2.24, 2.45) is 0 Å². The second kappa shape index (κ2) is 9.02. The Morgan fingerprint density at radius 1 is 0.828 bits per heavy atom. The summed E-state index contributed by atoms with van der Waals surface area (Å²) < 4.78 is 6.21. The van der Waals surface area contributed by atoms with Crippen LogP contribution >= 0.6 is 11.6 Å². The third kappa shape index (κ3) is 4.72. The molecule has 2 nitrogen and oxygen atoms in total. The predicted molar refractivity (Wildman–Crippen MR) is 123 cm³/mol. The number of rotatable bonds is 7. The Kier molecular flexibility index (Phi) is 6.02. The van der Waals surface area contributed by atoms with Gasteiger partial charge >= 0.3 is 0 Å². The van der Waals surface area contributed by atoms with Gasteiger partial charge in [-0.3, -0.25) is 0 Å². The summed E-state index contributed by atoms with van der Waals surface area (Å²) in [5.41, 5.74) is 4.66. The lowest BCUT2D eigenvalue weighted by Crippen LogP contribution is -2.05. The van der Waals surface area contributed by atoms with Gasteiger partial charge in [0.15, 0.2) is 0 Å². The van der Waals surface area contributed by atoms with Gasteiger partial charge in [-0.05, 0) is 58.7 Å². The van der Waals surface area contributed by atoms with E-state index >= 15 is 0 Å². The van der Waals surface area contributed by atoms with Crippen molar-refractivity contribution in [1.29, 1.82) is 0 Å². The van der Waals surface area contributed by atoms with Crippen molar-refractivity contribution in [1.82, 2.24) is 0 Å². The molecule has 4 aromatic rings. The Labute approximate surface area is 177 Å². The van der Waals surface area contributed by atoms with Crippen molar-refractivity contribution in [3.05, 3.63) is 107 Å². The first-order chi connectivity index (χ1) is 14.2. The molecule has 0 saturated heterocycles. The predicted octanol–water partition coefficient (Wildman–Crippen LogP) is 7.25. The summed E-state index contributed by atoms with van der Waals surface area (Å²) in [6.45, 7) is 3.34. The second-order valence-electron chi connectivity index (χ2n) is 7.09. The van der Waals surface area contributed by atoms with Gasteiger partial charge in [-0.15, -0.1) is 0 Å². The van der Waals surface area contributed by atoms with E-state index in [9.17, 15) is 0 Å². The topological polar surface area (TPSA) is 21.3 Å². The summed E-state index contributed by atoms with van der Waals surface area (Å²) in [6, 6.07) is 29.0. The Balaban J connectivity index is 1.59. The van der Waals surface area contributed by atoms with Crippen LogP contribution in [-0.2, 0) is 19.6 Å². The van der Waals surface area contributed by atoms with Crippen LogP contribution in [0, 0.1) is 0 Å². The van der Waals surface area contributed by atoms with Crippen molar-refractivity contribution in [3.8, 4) is 5.75 Å². The van der Waals surface area contributed by atoms with Gasteiger partial charge in [-0.1, -0.05) is 73.1 Å². The molecular formula is C26H24ClNO. The molecule has 0 radical (unpaired) electrons. The van der Waals surface area contributed by atoms with E-state index in [2.05, 4.69) is 72.9 Å². The highest BCUT2D eigenvalue weighted by Gasteiger charge is 2.10. The van der Waals surface area contributed by atoms with Gasteiger partial charge in [-0.2, -0.15) is 0 Å². The zero-order chi connectivity index (χ0) is 20.1. The third-order valence-electron chi connectivity index (χ3n) is 5.11. The van der Waals surface area contributed by atoms with E-state index in [-0.39, 0.29) is 0 Å². The van der Waals surface area contributed by atoms with E-state index in [1.54, 1.807) is 0 Å². The highest BCUT2D eigenvalue weighted by molar-refractivity contribution is 6.30. The first-order valence-corrected chi connectivity index (χ1v) is 10.3. The van der Waals surface area contributed by atoms with Gasteiger partial charge in [-0.25, -0.2) is 0 Å². The third-order valence-corrected chi connectivity index (χ3v) is 5.35. The minimum absolute atomic E-state index is 0.483. The summed E-state index contributed by atoms with van der Waals surface area (Å²) in [5, 5.41) is 6.69. The van der Waals surface area contributed by atoms with Crippen LogP contribution in [0.2, 0.25) is 5.02 Å². The first kappa shape index (κ1) is 19.4. The van der Waals surface area contributed by atoms with E-state index in [4.69, 9.17) is 16.3 Å². The van der Waals surface area contributed by atoms with Crippen LogP contribution in [0.15, 0.2) is 84.9 Å². The molecule has 0 aliphatic rings. The van der Waals surface area contributed by atoms with Crippen LogP contribution in [0.4, 0.5) is 5.69 Å². The molecule has 29 heavy (non-hydrogen) atoms. The lowest BCUT2D eigenvalue weighted by molar-refractivity contribution is 0.304. The molecule has 146 valence electrons. The van der Waals surface area contributed by atoms with Gasteiger partial charge in [0.25, 0.3) is 0 Å². The average molecular weight is 402 g/mol. The Bertz CT molecular complexity index is 1110. The lowest BCUT2D eigenvalue weighted by Gasteiger charge is -2.16. The number of benzene rings is 4.